The van der Waals surface area contributed by atoms with Crippen LogP contribution in [0.5, 0.6) is 0 Å². The molecule has 0 radical (unpaired) electrons. The summed E-state index contributed by atoms with van der Waals surface area (Å²) < 4.78 is 25.6. The summed E-state index contributed by atoms with van der Waals surface area (Å²) in [6.45, 7) is 1.28. The number of hydrogen-bond acceptors (Lipinski definition) is 2. The first-order valence-corrected chi connectivity index (χ1v) is 4.42. The average Bonchev–Trinajstić information content (AvgIpc) is 2.04. The van der Waals surface area contributed by atoms with E-state index in [1.807, 2.05) is 0 Å². The Bertz CT molecular complexity index is 302. The lowest BCUT2D eigenvalue weighted by molar-refractivity contribution is 0.0623. The number of pyridine rings is 1. The van der Waals surface area contributed by atoms with Crippen LogP contribution in [0.3, 0.4) is 0 Å². The van der Waals surface area contributed by atoms with Gasteiger partial charge in [-0.2, -0.15) is 0 Å². The highest BCUT2D eigenvalue weighted by Gasteiger charge is 2.32. The molecule has 1 aromatic rings. The third kappa shape index (κ3) is 2.22. The fourth-order valence-electron chi connectivity index (χ4n) is 0.832. The standard InChI is InChI=1S/C8H9BrF2N2/c1-8(12,7(10)11)5-2-6(9)4-13-3-5/h2-4,7H,12H2,1H3. The topological polar surface area (TPSA) is 38.9 Å². The van der Waals surface area contributed by atoms with E-state index in [0.29, 0.717) is 10.0 Å². The molecular formula is C8H9BrF2N2. The molecule has 0 aliphatic rings. The zero-order valence-electron chi connectivity index (χ0n) is 6.97. The summed E-state index contributed by atoms with van der Waals surface area (Å²) in [5.41, 5.74) is 4.11. The van der Waals surface area contributed by atoms with Crippen LogP contribution in [-0.4, -0.2) is 11.4 Å². The fourth-order valence-corrected chi connectivity index (χ4v) is 1.20. The third-order valence-corrected chi connectivity index (χ3v) is 2.21. The van der Waals surface area contributed by atoms with Crippen LogP contribution >= 0.6 is 15.9 Å². The molecule has 72 valence electrons. The second-order valence-corrected chi connectivity index (χ2v) is 3.89. The van der Waals surface area contributed by atoms with Gasteiger partial charge in [0, 0.05) is 16.9 Å². The van der Waals surface area contributed by atoms with Gasteiger partial charge in [0.05, 0.1) is 0 Å². The summed E-state index contributed by atoms with van der Waals surface area (Å²) >= 11 is 3.14. The summed E-state index contributed by atoms with van der Waals surface area (Å²) in [7, 11) is 0. The molecule has 0 saturated carbocycles. The van der Waals surface area contributed by atoms with Crippen LogP contribution in [0.15, 0.2) is 22.9 Å². The van der Waals surface area contributed by atoms with Gasteiger partial charge >= 0.3 is 0 Å². The summed E-state index contributed by atoms with van der Waals surface area (Å²) in [6, 6.07) is 1.54. The molecule has 1 aromatic heterocycles. The van der Waals surface area contributed by atoms with E-state index in [2.05, 4.69) is 20.9 Å². The second kappa shape index (κ2) is 3.67. The van der Waals surface area contributed by atoms with E-state index in [1.54, 1.807) is 6.07 Å². The summed E-state index contributed by atoms with van der Waals surface area (Å²) in [5, 5.41) is 0. The van der Waals surface area contributed by atoms with E-state index in [0.717, 1.165) is 0 Å². The lowest BCUT2D eigenvalue weighted by Crippen LogP contribution is -2.40. The van der Waals surface area contributed by atoms with E-state index in [1.165, 1.54) is 19.3 Å². The Balaban J connectivity index is 3.07. The zero-order chi connectivity index (χ0) is 10.1. The van der Waals surface area contributed by atoms with Crippen molar-refractivity contribution in [3.05, 3.63) is 28.5 Å². The lowest BCUT2D eigenvalue weighted by Gasteiger charge is -2.23. The number of aromatic nitrogens is 1. The first-order chi connectivity index (χ1) is 5.94. The smallest absolute Gasteiger partial charge is 0.260 e. The monoisotopic (exact) mass is 250 g/mol. The molecule has 2 nitrogen and oxygen atoms in total. The molecule has 0 bridgehead atoms. The number of hydrogen-bond donors (Lipinski definition) is 1. The molecule has 2 N–H and O–H groups in total. The maximum atomic E-state index is 12.5. The normalized spacial score (nSPS) is 15.8. The molecule has 0 saturated heterocycles. The molecule has 0 aliphatic heterocycles. The molecule has 1 atom stereocenters. The molecule has 5 heteroatoms. The molecule has 0 aliphatic carbocycles. The zero-order valence-corrected chi connectivity index (χ0v) is 8.55. The Morgan fingerprint density at radius 2 is 2.15 bits per heavy atom. The van der Waals surface area contributed by atoms with Crippen LogP contribution in [0, 0.1) is 0 Å². The van der Waals surface area contributed by atoms with Gasteiger partial charge in [-0.25, -0.2) is 8.78 Å². The van der Waals surface area contributed by atoms with E-state index in [4.69, 9.17) is 5.73 Å². The van der Waals surface area contributed by atoms with Crippen molar-refractivity contribution >= 4 is 15.9 Å². The molecule has 1 unspecified atom stereocenters. The molecule has 1 rings (SSSR count). The van der Waals surface area contributed by atoms with Gasteiger partial charge in [0.25, 0.3) is 6.43 Å². The van der Waals surface area contributed by atoms with Crippen molar-refractivity contribution in [3.63, 3.8) is 0 Å². The van der Waals surface area contributed by atoms with E-state index in [-0.39, 0.29) is 0 Å². The molecule has 0 amide bonds. The maximum Gasteiger partial charge on any atom is 0.260 e. The largest absolute Gasteiger partial charge is 0.317 e. The Morgan fingerprint density at radius 3 is 2.62 bits per heavy atom. The van der Waals surface area contributed by atoms with Gasteiger partial charge in [-0.1, -0.05) is 0 Å². The molecular weight excluding hydrogens is 242 g/mol. The van der Waals surface area contributed by atoms with Crippen molar-refractivity contribution in [2.45, 2.75) is 18.9 Å². The Kier molecular flexibility index (Phi) is 2.98. The van der Waals surface area contributed by atoms with Gasteiger partial charge in [-0.3, -0.25) is 4.98 Å². The molecule has 13 heavy (non-hydrogen) atoms. The van der Waals surface area contributed by atoms with Crippen LogP contribution < -0.4 is 5.73 Å². The first-order valence-electron chi connectivity index (χ1n) is 3.62. The molecule has 0 spiro atoms. The first kappa shape index (κ1) is 10.5. The second-order valence-electron chi connectivity index (χ2n) is 2.98. The van der Waals surface area contributed by atoms with Crippen LogP contribution in [0.2, 0.25) is 0 Å². The number of alkyl halides is 2. The summed E-state index contributed by atoms with van der Waals surface area (Å²) in [6.07, 6.45) is 0.255. The minimum absolute atomic E-state index is 0.317. The fraction of sp³-hybridized carbons (Fsp3) is 0.375. The van der Waals surface area contributed by atoms with Crippen molar-refractivity contribution < 1.29 is 8.78 Å². The molecule has 0 aromatic carbocycles. The van der Waals surface area contributed by atoms with Crippen LogP contribution in [0.25, 0.3) is 0 Å². The Hall–Kier alpha value is -0.550. The maximum absolute atomic E-state index is 12.5. The van der Waals surface area contributed by atoms with Gasteiger partial charge in [-0.15, -0.1) is 0 Å². The highest BCUT2D eigenvalue weighted by Crippen LogP contribution is 2.26. The van der Waals surface area contributed by atoms with Crippen molar-refractivity contribution in [1.29, 1.82) is 0 Å². The van der Waals surface area contributed by atoms with Crippen LogP contribution in [0.1, 0.15) is 12.5 Å². The molecule has 0 fully saturated rings. The van der Waals surface area contributed by atoms with Crippen molar-refractivity contribution in [2.24, 2.45) is 5.73 Å². The van der Waals surface area contributed by atoms with Gasteiger partial charge in [-0.05, 0) is 34.5 Å². The summed E-state index contributed by atoms with van der Waals surface area (Å²) in [5.74, 6) is 0. The minimum Gasteiger partial charge on any atom is -0.317 e. The quantitative estimate of drug-likeness (QED) is 0.875. The number of nitrogens with two attached hydrogens (primary N) is 1. The molecule has 1 heterocycles. The van der Waals surface area contributed by atoms with Gasteiger partial charge < -0.3 is 5.73 Å². The van der Waals surface area contributed by atoms with E-state index in [9.17, 15) is 8.78 Å². The third-order valence-electron chi connectivity index (χ3n) is 1.78. The van der Waals surface area contributed by atoms with Crippen molar-refractivity contribution in [3.8, 4) is 0 Å². The SMILES string of the molecule is CC(N)(c1cncc(Br)c1)C(F)F. The lowest BCUT2D eigenvalue weighted by atomic mass is 9.96. The van der Waals surface area contributed by atoms with E-state index < -0.39 is 12.0 Å². The Morgan fingerprint density at radius 1 is 1.54 bits per heavy atom. The van der Waals surface area contributed by atoms with E-state index >= 15 is 0 Å². The highest BCUT2D eigenvalue weighted by molar-refractivity contribution is 9.10. The predicted octanol–water partition coefficient (Wildman–Crippen LogP) is 2.28. The number of rotatable bonds is 2. The number of nitrogens with zero attached hydrogens (tertiary/aromatic N) is 1. The summed E-state index contributed by atoms with van der Waals surface area (Å²) in [4.78, 5) is 3.77. The predicted molar refractivity (Wildman–Crippen MR) is 49.5 cm³/mol. The van der Waals surface area contributed by atoms with Crippen LogP contribution in [-0.2, 0) is 5.54 Å². The van der Waals surface area contributed by atoms with Gasteiger partial charge in [0.1, 0.15) is 5.54 Å². The average molecular weight is 251 g/mol. The highest BCUT2D eigenvalue weighted by atomic mass is 79.9. The Labute approximate surface area is 83.3 Å². The number of halogens is 3. The van der Waals surface area contributed by atoms with Crippen molar-refractivity contribution in [1.82, 2.24) is 4.98 Å². The van der Waals surface area contributed by atoms with Crippen LogP contribution in [0.4, 0.5) is 8.78 Å². The van der Waals surface area contributed by atoms with Gasteiger partial charge in [0.2, 0.25) is 0 Å². The van der Waals surface area contributed by atoms with Gasteiger partial charge in [0.15, 0.2) is 0 Å². The van der Waals surface area contributed by atoms with Crippen molar-refractivity contribution in [2.75, 3.05) is 0 Å². The minimum atomic E-state index is -2.61.